The molecule has 0 spiro atoms. The van der Waals surface area contributed by atoms with Crippen molar-refractivity contribution in [1.29, 1.82) is 0 Å². The van der Waals surface area contributed by atoms with Crippen molar-refractivity contribution in [2.45, 2.75) is 4.90 Å². The number of nitrogens with one attached hydrogen (secondary N) is 1. The monoisotopic (exact) mass is 423 g/mol. The fraction of sp³-hybridized carbons (Fsp3) is 0. The van der Waals surface area contributed by atoms with Crippen LogP contribution in [0.2, 0.25) is 5.02 Å². The quantitative estimate of drug-likeness (QED) is 0.522. The predicted octanol–water partition coefficient (Wildman–Crippen LogP) is 2.92. The Kier molecular flexibility index (Phi) is 4.43. The minimum atomic E-state index is -3.81. The van der Waals surface area contributed by atoms with E-state index in [0.717, 1.165) is 9.26 Å². The minimum absolute atomic E-state index is 0.0890. The van der Waals surface area contributed by atoms with Crippen molar-refractivity contribution in [1.82, 2.24) is 0 Å². The van der Waals surface area contributed by atoms with Crippen LogP contribution >= 0.6 is 34.2 Å². The van der Waals surface area contributed by atoms with Crippen molar-refractivity contribution in [3.05, 3.63) is 45.0 Å². The molecule has 20 heavy (non-hydrogen) atoms. The normalized spacial score (nSPS) is 11.3. The topological polar surface area (TPSA) is 98.2 Å². The first-order valence-corrected chi connectivity index (χ1v) is 8.42. The average molecular weight is 424 g/mol. The third kappa shape index (κ3) is 3.54. The van der Waals surface area contributed by atoms with Gasteiger partial charge in [0.1, 0.15) is 4.90 Å². The molecule has 0 saturated carbocycles. The number of nitrogen functional groups attached to an aromatic ring is 1. The van der Waals surface area contributed by atoms with E-state index in [0.29, 0.717) is 10.7 Å². The van der Waals surface area contributed by atoms with E-state index in [-0.39, 0.29) is 10.6 Å². The van der Waals surface area contributed by atoms with Gasteiger partial charge >= 0.3 is 0 Å². The van der Waals surface area contributed by atoms with Crippen LogP contribution < -0.4 is 16.2 Å². The molecule has 0 atom stereocenters. The van der Waals surface area contributed by atoms with Gasteiger partial charge in [-0.05, 0) is 59.0 Å². The van der Waals surface area contributed by atoms with Gasteiger partial charge in [-0.1, -0.05) is 11.6 Å². The second-order valence-electron chi connectivity index (χ2n) is 4.05. The number of rotatable bonds is 3. The molecule has 0 fully saturated rings. The van der Waals surface area contributed by atoms with Gasteiger partial charge in [0.2, 0.25) is 10.0 Å². The van der Waals surface area contributed by atoms with Crippen LogP contribution in [0.1, 0.15) is 0 Å². The third-order valence-corrected chi connectivity index (χ3v) is 4.64. The van der Waals surface area contributed by atoms with Gasteiger partial charge in [-0.15, -0.1) is 0 Å². The number of primary sulfonamides is 1. The number of benzene rings is 2. The summed E-state index contributed by atoms with van der Waals surface area (Å²) in [5.41, 5.74) is 7.31. The summed E-state index contributed by atoms with van der Waals surface area (Å²) in [6.07, 6.45) is 0. The van der Waals surface area contributed by atoms with Gasteiger partial charge in [-0.25, -0.2) is 13.6 Å². The molecule has 0 aliphatic heterocycles. The lowest BCUT2D eigenvalue weighted by Crippen LogP contribution is -2.14. The molecule has 0 heterocycles. The zero-order valence-corrected chi connectivity index (χ0v) is 13.8. The van der Waals surface area contributed by atoms with E-state index in [1.807, 2.05) is 12.1 Å². The standard InChI is InChI=1S/C12H11ClIN3O2S/c13-7-1-3-11(9(14)5-7)17-8-2-4-12(10(15)6-8)20(16,18)19/h1-6,17H,15H2,(H2,16,18,19). The van der Waals surface area contributed by atoms with Gasteiger partial charge in [0.25, 0.3) is 0 Å². The summed E-state index contributed by atoms with van der Waals surface area (Å²) < 4.78 is 23.5. The molecule has 5 nitrogen and oxygen atoms in total. The summed E-state index contributed by atoms with van der Waals surface area (Å²) in [4.78, 5) is -0.0890. The molecule has 0 aliphatic carbocycles. The number of hydrogen-bond donors (Lipinski definition) is 3. The van der Waals surface area contributed by atoms with Crippen LogP contribution in [0.15, 0.2) is 41.3 Å². The number of nitrogens with two attached hydrogens (primary N) is 2. The van der Waals surface area contributed by atoms with Crippen LogP contribution in [0, 0.1) is 3.57 Å². The summed E-state index contributed by atoms with van der Waals surface area (Å²) in [5.74, 6) is 0. The largest absolute Gasteiger partial charge is 0.398 e. The maximum Gasteiger partial charge on any atom is 0.240 e. The summed E-state index contributed by atoms with van der Waals surface area (Å²) in [6, 6.07) is 9.88. The lowest BCUT2D eigenvalue weighted by Gasteiger charge is -2.11. The van der Waals surface area contributed by atoms with Gasteiger partial charge in [0, 0.05) is 14.3 Å². The highest BCUT2D eigenvalue weighted by Crippen LogP contribution is 2.28. The van der Waals surface area contributed by atoms with Crippen molar-refractivity contribution in [2.24, 2.45) is 5.14 Å². The van der Waals surface area contributed by atoms with E-state index >= 15 is 0 Å². The van der Waals surface area contributed by atoms with Crippen molar-refractivity contribution < 1.29 is 8.42 Å². The molecule has 8 heteroatoms. The van der Waals surface area contributed by atoms with Gasteiger partial charge in [0.05, 0.1) is 11.4 Å². The zero-order chi connectivity index (χ0) is 14.9. The Hall–Kier alpha value is -1.03. The number of anilines is 3. The molecule has 0 bridgehead atoms. The van der Waals surface area contributed by atoms with Crippen LogP contribution in [0.3, 0.4) is 0 Å². The van der Waals surface area contributed by atoms with Gasteiger partial charge in [-0.3, -0.25) is 0 Å². The van der Waals surface area contributed by atoms with Gasteiger partial charge in [-0.2, -0.15) is 0 Å². The Labute approximate surface area is 135 Å². The van der Waals surface area contributed by atoms with Crippen LogP contribution in [0.5, 0.6) is 0 Å². The predicted molar refractivity (Wildman–Crippen MR) is 89.7 cm³/mol. The summed E-state index contributed by atoms with van der Waals surface area (Å²) in [5, 5.41) is 8.84. The summed E-state index contributed by atoms with van der Waals surface area (Å²) in [6.45, 7) is 0. The molecule has 106 valence electrons. The second-order valence-corrected chi connectivity index (χ2v) is 7.18. The fourth-order valence-corrected chi connectivity index (χ4v) is 3.28. The van der Waals surface area contributed by atoms with Crippen LogP contribution in [0.4, 0.5) is 17.1 Å². The lowest BCUT2D eigenvalue weighted by molar-refractivity contribution is 0.598. The number of sulfonamides is 1. The maximum atomic E-state index is 11.3. The van der Waals surface area contributed by atoms with Crippen LogP contribution in [-0.2, 0) is 10.0 Å². The highest BCUT2D eigenvalue weighted by atomic mass is 127. The molecule has 0 aliphatic rings. The molecule has 0 saturated heterocycles. The third-order valence-electron chi connectivity index (χ3n) is 2.53. The van der Waals surface area contributed by atoms with E-state index in [4.69, 9.17) is 22.5 Å². The summed E-state index contributed by atoms with van der Waals surface area (Å²) in [7, 11) is -3.81. The Morgan fingerprint density at radius 1 is 1.15 bits per heavy atom. The van der Waals surface area contributed by atoms with E-state index in [9.17, 15) is 8.42 Å². The Morgan fingerprint density at radius 2 is 1.85 bits per heavy atom. The molecular weight excluding hydrogens is 413 g/mol. The van der Waals surface area contributed by atoms with Crippen molar-refractivity contribution in [3.63, 3.8) is 0 Å². The Bertz CT molecular complexity index is 765. The van der Waals surface area contributed by atoms with Crippen LogP contribution in [0.25, 0.3) is 0 Å². The molecule has 2 rings (SSSR count). The molecular formula is C12H11ClIN3O2S. The second kappa shape index (κ2) is 5.76. The van der Waals surface area contributed by atoms with Gasteiger partial charge < -0.3 is 11.1 Å². The summed E-state index contributed by atoms with van der Waals surface area (Å²) >= 11 is 8.03. The fourth-order valence-electron chi connectivity index (χ4n) is 1.63. The molecule has 0 amide bonds. The molecule has 0 aromatic heterocycles. The highest BCUT2D eigenvalue weighted by molar-refractivity contribution is 14.1. The maximum absolute atomic E-state index is 11.3. The molecule has 2 aromatic carbocycles. The van der Waals surface area contributed by atoms with E-state index in [1.54, 1.807) is 12.1 Å². The first kappa shape index (κ1) is 15.4. The van der Waals surface area contributed by atoms with Crippen molar-refractivity contribution >= 4 is 61.3 Å². The van der Waals surface area contributed by atoms with Crippen molar-refractivity contribution in [3.8, 4) is 0 Å². The molecule has 0 radical (unpaired) electrons. The van der Waals surface area contributed by atoms with E-state index in [1.165, 1.54) is 12.1 Å². The van der Waals surface area contributed by atoms with E-state index in [2.05, 4.69) is 27.9 Å². The first-order chi connectivity index (χ1) is 9.27. The molecule has 2 aromatic rings. The minimum Gasteiger partial charge on any atom is -0.398 e. The highest BCUT2D eigenvalue weighted by Gasteiger charge is 2.12. The van der Waals surface area contributed by atoms with E-state index < -0.39 is 10.0 Å². The number of halogens is 2. The number of hydrogen-bond acceptors (Lipinski definition) is 4. The van der Waals surface area contributed by atoms with Crippen LogP contribution in [-0.4, -0.2) is 8.42 Å². The van der Waals surface area contributed by atoms with Crippen molar-refractivity contribution in [2.75, 3.05) is 11.1 Å². The lowest BCUT2D eigenvalue weighted by atomic mass is 10.2. The smallest absolute Gasteiger partial charge is 0.240 e. The SMILES string of the molecule is Nc1cc(Nc2ccc(Cl)cc2I)ccc1S(N)(=O)=O. The Morgan fingerprint density at radius 3 is 2.40 bits per heavy atom. The molecule has 5 N–H and O–H groups in total. The molecule has 0 unspecified atom stereocenters. The first-order valence-electron chi connectivity index (χ1n) is 5.42. The Balaban J connectivity index is 2.34. The zero-order valence-electron chi connectivity index (χ0n) is 10.1. The van der Waals surface area contributed by atoms with Gasteiger partial charge in [0.15, 0.2) is 0 Å². The average Bonchev–Trinajstić information content (AvgIpc) is 2.31.